The first kappa shape index (κ1) is 15.1. The van der Waals surface area contributed by atoms with E-state index in [0.717, 1.165) is 16.9 Å². The average molecular weight is 332 g/mol. The van der Waals surface area contributed by atoms with Crippen molar-refractivity contribution in [1.82, 2.24) is 9.97 Å². The minimum atomic E-state index is -0.230. The number of urea groups is 1. The van der Waals surface area contributed by atoms with Crippen LogP contribution in [0.15, 0.2) is 67.0 Å². The number of anilines is 2. The number of carbonyl (C=O) groups excluding carboxylic acids is 1. The molecule has 1 N–H and O–H groups in total. The largest absolute Gasteiger partial charge is 0.488 e. The van der Waals surface area contributed by atoms with Gasteiger partial charge in [-0.3, -0.25) is 9.88 Å². The lowest BCUT2D eigenvalue weighted by atomic mass is 10.2. The molecule has 2 amide bonds. The summed E-state index contributed by atoms with van der Waals surface area (Å²) in [6, 6.07) is 16.6. The van der Waals surface area contributed by atoms with Gasteiger partial charge in [0.15, 0.2) is 11.6 Å². The minimum Gasteiger partial charge on any atom is -0.488 e. The van der Waals surface area contributed by atoms with Crippen LogP contribution in [0.4, 0.5) is 16.3 Å². The Morgan fingerprint density at radius 3 is 2.76 bits per heavy atom. The highest BCUT2D eigenvalue weighted by Gasteiger charge is 2.26. The molecule has 2 aromatic heterocycles. The normalized spacial score (nSPS) is 12.9. The summed E-state index contributed by atoms with van der Waals surface area (Å²) in [5.74, 6) is 1.11. The number of hydrogen-bond acceptors (Lipinski definition) is 4. The molecule has 25 heavy (non-hydrogen) atoms. The van der Waals surface area contributed by atoms with Gasteiger partial charge in [-0.1, -0.05) is 18.2 Å². The molecule has 0 bridgehead atoms. The molecule has 0 fully saturated rings. The summed E-state index contributed by atoms with van der Waals surface area (Å²) < 4.78 is 5.65. The molecule has 6 heteroatoms. The van der Waals surface area contributed by atoms with Crippen LogP contribution in [0.5, 0.6) is 5.75 Å². The summed E-state index contributed by atoms with van der Waals surface area (Å²) in [5.41, 5.74) is 2.37. The van der Waals surface area contributed by atoms with Crippen LogP contribution in [0.25, 0.3) is 11.3 Å². The van der Waals surface area contributed by atoms with Crippen LogP contribution in [0, 0.1) is 0 Å². The fourth-order valence-corrected chi connectivity index (χ4v) is 2.68. The van der Waals surface area contributed by atoms with Gasteiger partial charge in [-0.2, -0.15) is 0 Å². The molecule has 6 nitrogen and oxygen atoms in total. The van der Waals surface area contributed by atoms with Gasteiger partial charge in [0.1, 0.15) is 6.61 Å². The van der Waals surface area contributed by atoms with Gasteiger partial charge in [0, 0.05) is 23.6 Å². The summed E-state index contributed by atoms with van der Waals surface area (Å²) >= 11 is 0. The van der Waals surface area contributed by atoms with Gasteiger partial charge in [0.2, 0.25) is 0 Å². The van der Waals surface area contributed by atoms with Gasteiger partial charge in [0.25, 0.3) is 0 Å². The fraction of sp³-hybridized carbons (Fsp3) is 0.105. The molecule has 3 heterocycles. The van der Waals surface area contributed by atoms with Crippen molar-refractivity contribution in [2.75, 3.05) is 23.4 Å². The SMILES string of the molecule is O=C(Nc1ccccc1)N1CCOc2ccc(-c3cccnc3)nc21. The Hall–Kier alpha value is -3.41. The molecule has 0 saturated carbocycles. The smallest absolute Gasteiger partial charge is 0.327 e. The molecule has 0 spiro atoms. The van der Waals surface area contributed by atoms with E-state index in [0.29, 0.717) is 24.7 Å². The zero-order valence-electron chi connectivity index (χ0n) is 13.4. The van der Waals surface area contributed by atoms with Crippen molar-refractivity contribution >= 4 is 17.5 Å². The molecule has 1 aliphatic rings. The van der Waals surface area contributed by atoms with Crippen molar-refractivity contribution < 1.29 is 9.53 Å². The van der Waals surface area contributed by atoms with E-state index in [2.05, 4.69) is 15.3 Å². The van der Waals surface area contributed by atoms with Gasteiger partial charge in [0.05, 0.1) is 12.2 Å². The Morgan fingerprint density at radius 2 is 1.96 bits per heavy atom. The van der Waals surface area contributed by atoms with Crippen LogP contribution in [-0.4, -0.2) is 29.2 Å². The Balaban J connectivity index is 1.65. The number of carbonyl (C=O) groups is 1. The number of rotatable bonds is 2. The lowest BCUT2D eigenvalue weighted by molar-refractivity contribution is 0.249. The molecular weight excluding hydrogens is 316 g/mol. The quantitative estimate of drug-likeness (QED) is 0.779. The molecular formula is C19H16N4O2. The van der Waals surface area contributed by atoms with Crippen LogP contribution in [0.1, 0.15) is 0 Å². The second-order valence-corrected chi connectivity index (χ2v) is 5.56. The van der Waals surface area contributed by atoms with Crippen LogP contribution in [-0.2, 0) is 0 Å². The van der Waals surface area contributed by atoms with Gasteiger partial charge in [-0.25, -0.2) is 9.78 Å². The topological polar surface area (TPSA) is 67.4 Å². The Bertz CT molecular complexity index is 884. The first-order chi connectivity index (χ1) is 12.3. The van der Waals surface area contributed by atoms with Crippen LogP contribution in [0.3, 0.4) is 0 Å². The number of para-hydroxylation sites is 1. The van der Waals surface area contributed by atoms with E-state index >= 15 is 0 Å². The second-order valence-electron chi connectivity index (χ2n) is 5.56. The number of ether oxygens (including phenoxy) is 1. The minimum absolute atomic E-state index is 0.230. The number of nitrogens with one attached hydrogen (secondary N) is 1. The van der Waals surface area contributed by atoms with Crippen molar-refractivity contribution in [2.45, 2.75) is 0 Å². The molecule has 0 radical (unpaired) electrons. The Morgan fingerprint density at radius 1 is 1.08 bits per heavy atom. The molecule has 4 rings (SSSR count). The maximum atomic E-state index is 12.7. The maximum Gasteiger partial charge on any atom is 0.327 e. The van der Waals surface area contributed by atoms with Crippen LogP contribution >= 0.6 is 0 Å². The molecule has 0 unspecified atom stereocenters. The summed E-state index contributed by atoms with van der Waals surface area (Å²) in [4.78, 5) is 23.0. The summed E-state index contributed by atoms with van der Waals surface area (Å²) in [6.07, 6.45) is 3.46. The van der Waals surface area contributed by atoms with Crippen molar-refractivity contribution in [3.8, 4) is 17.0 Å². The fourth-order valence-electron chi connectivity index (χ4n) is 2.68. The number of fused-ring (bicyclic) bond motifs is 1. The maximum absolute atomic E-state index is 12.7. The number of benzene rings is 1. The van der Waals surface area contributed by atoms with Crippen molar-refractivity contribution in [2.24, 2.45) is 0 Å². The zero-order valence-corrected chi connectivity index (χ0v) is 13.4. The van der Waals surface area contributed by atoms with Crippen LogP contribution < -0.4 is 15.0 Å². The average Bonchev–Trinajstić information content (AvgIpc) is 2.68. The van der Waals surface area contributed by atoms with Crippen molar-refractivity contribution in [3.63, 3.8) is 0 Å². The highest BCUT2D eigenvalue weighted by atomic mass is 16.5. The molecule has 1 aliphatic heterocycles. The van der Waals surface area contributed by atoms with E-state index in [1.54, 1.807) is 17.3 Å². The molecule has 124 valence electrons. The van der Waals surface area contributed by atoms with Gasteiger partial charge < -0.3 is 10.1 Å². The number of hydrogen-bond donors (Lipinski definition) is 1. The first-order valence-electron chi connectivity index (χ1n) is 7.99. The zero-order chi connectivity index (χ0) is 17.1. The lowest BCUT2D eigenvalue weighted by Gasteiger charge is -2.28. The standard InChI is InChI=1S/C19H16N4O2/c24-19(21-15-6-2-1-3-7-15)23-11-12-25-17-9-8-16(22-18(17)23)14-5-4-10-20-13-14/h1-10,13H,11-12H2,(H,21,24). The van der Waals surface area contributed by atoms with Gasteiger partial charge in [-0.15, -0.1) is 0 Å². The highest BCUT2D eigenvalue weighted by molar-refractivity contribution is 6.02. The lowest BCUT2D eigenvalue weighted by Crippen LogP contribution is -2.41. The van der Waals surface area contributed by atoms with E-state index in [-0.39, 0.29) is 6.03 Å². The third-order valence-corrected chi connectivity index (χ3v) is 3.89. The Labute approximate surface area is 145 Å². The van der Waals surface area contributed by atoms with Crippen molar-refractivity contribution in [3.05, 3.63) is 67.0 Å². The number of amides is 2. The molecule has 0 saturated heterocycles. The van der Waals surface area contributed by atoms with E-state index in [1.165, 1.54) is 0 Å². The first-order valence-corrected chi connectivity index (χ1v) is 7.99. The van der Waals surface area contributed by atoms with E-state index in [1.807, 2.05) is 54.6 Å². The molecule has 0 atom stereocenters. The van der Waals surface area contributed by atoms with Gasteiger partial charge in [-0.05, 0) is 36.4 Å². The third-order valence-electron chi connectivity index (χ3n) is 3.89. The summed E-state index contributed by atoms with van der Waals surface area (Å²) in [7, 11) is 0. The van der Waals surface area contributed by atoms with E-state index in [4.69, 9.17) is 4.74 Å². The molecule has 3 aromatic rings. The Kier molecular flexibility index (Phi) is 4.00. The van der Waals surface area contributed by atoms with E-state index in [9.17, 15) is 4.79 Å². The number of nitrogens with zero attached hydrogens (tertiary/aromatic N) is 3. The van der Waals surface area contributed by atoms with E-state index < -0.39 is 0 Å². The number of pyridine rings is 2. The third kappa shape index (κ3) is 3.14. The predicted octanol–water partition coefficient (Wildman–Crippen LogP) is 3.57. The number of aromatic nitrogens is 2. The highest BCUT2D eigenvalue weighted by Crippen LogP contribution is 2.32. The van der Waals surface area contributed by atoms with Gasteiger partial charge >= 0.3 is 6.03 Å². The second kappa shape index (κ2) is 6.60. The summed E-state index contributed by atoms with van der Waals surface area (Å²) in [6.45, 7) is 0.873. The molecule has 0 aliphatic carbocycles. The predicted molar refractivity (Wildman–Crippen MR) is 95.8 cm³/mol. The monoisotopic (exact) mass is 332 g/mol. The summed E-state index contributed by atoms with van der Waals surface area (Å²) in [5, 5.41) is 2.89. The molecule has 1 aromatic carbocycles. The van der Waals surface area contributed by atoms with Crippen molar-refractivity contribution in [1.29, 1.82) is 0 Å². The van der Waals surface area contributed by atoms with Crippen LogP contribution in [0.2, 0.25) is 0 Å².